The highest BCUT2D eigenvalue weighted by Gasteiger charge is 2.25. The fourth-order valence-electron chi connectivity index (χ4n) is 3.21. The van der Waals surface area contributed by atoms with Crippen molar-refractivity contribution < 1.29 is 9.59 Å². The fourth-order valence-corrected chi connectivity index (χ4v) is 3.21. The van der Waals surface area contributed by atoms with Crippen molar-refractivity contribution in [3.63, 3.8) is 0 Å². The van der Waals surface area contributed by atoms with E-state index in [-0.39, 0.29) is 17.7 Å². The number of anilines is 1. The topological polar surface area (TPSA) is 52.7 Å². The number of aryl methyl sites for hydroxylation is 1. The number of carbonyl (C=O) groups excluding carboxylic acids is 2. The molecule has 1 aliphatic rings. The van der Waals surface area contributed by atoms with Gasteiger partial charge in [-0.1, -0.05) is 12.1 Å². The van der Waals surface area contributed by atoms with Crippen LogP contribution in [0.25, 0.3) is 0 Å². The number of rotatable bonds is 6. The standard InChI is InChI=1S/C19H29N3O2/c1-4-21(18-7-5-6-15(2)14-18)13-10-20-19(24)17-8-11-22(12-9-17)16(3)23/h5-7,14,17H,4,8-13H2,1-3H3,(H,20,24). The Bertz CT molecular complexity index is 565. The van der Waals surface area contributed by atoms with Gasteiger partial charge in [0.2, 0.25) is 11.8 Å². The predicted octanol–water partition coefficient (Wildman–Crippen LogP) is 2.20. The van der Waals surface area contributed by atoms with E-state index in [1.807, 2.05) is 4.90 Å². The number of likely N-dealkylation sites (N-methyl/N-ethyl adjacent to an activating group) is 1. The van der Waals surface area contributed by atoms with Gasteiger partial charge in [0.25, 0.3) is 0 Å². The number of likely N-dealkylation sites (tertiary alicyclic amines) is 1. The van der Waals surface area contributed by atoms with Gasteiger partial charge in [-0.3, -0.25) is 9.59 Å². The van der Waals surface area contributed by atoms with E-state index in [4.69, 9.17) is 0 Å². The summed E-state index contributed by atoms with van der Waals surface area (Å²) in [6, 6.07) is 8.43. The van der Waals surface area contributed by atoms with Crippen molar-refractivity contribution in [1.82, 2.24) is 10.2 Å². The van der Waals surface area contributed by atoms with Crippen LogP contribution in [0.5, 0.6) is 0 Å². The lowest BCUT2D eigenvalue weighted by Gasteiger charge is -2.31. The van der Waals surface area contributed by atoms with Gasteiger partial charge < -0.3 is 15.1 Å². The number of hydrogen-bond acceptors (Lipinski definition) is 3. The Morgan fingerprint density at radius 1 is 1.29 bits per heavy atom. The molecule has 1 saturated heterocycles. The molecule has 24 heavy (non-hydrogen) atoms. The zero-order valence-electron chi connectivity index (χ0n) is 15.0. The van der Waals surface area contributed by atoms with Gasteiger partial charge >= 0.3 is 0 Å². The summed E-state index contributed by atoms with van der Waals surface area (Å²) < 4.78 is 0. The first kappa shape index (κ1) is 18.3. The highest BCUT2D eigenvalue weighted by atomic mass is 16.2. The molecular weight excluding hydrogens is 302 g/mol. The lowest BCUT2D eigenvalue weighted by molar-refractivity contribution is -0.133. The van der Waals surface area contributed by atoms with Crippen molar-refractivity contribution in [2.45, 2.75) is 33.6 Å². The van der Waals surface area contributed by atoms with Gasteiger partial charge in [0.1, 0.15) is 0 Å². The maximum atomic E-state index is 12.3. The molecule has 1 aliphatic heterocycles. The SMILES string of the molecule is CCN(CCNC(=O)C1CCN(C(C)=O)CC1)c1cccc(C)c1. The first-order valence-electron chi connectivity index (χ1n) is 8.86. The minimum Gasteiger partial charge on any atom is -0.370 e. The van der Waals surface area contributed by atoms with E-state index in [9.17, 15) is 9.59 Å². The fraction of sp³-hybridized carbons (Fsp3) is 0.579. The van der Waals surface area contributed by atoms with Crippen molar-refractivity contribution >= 4 is 17.5 Å². The highest BCUT2D eigenvalue weighted by Crippen LogP contribution is 2.18. The second kappa shape index (κ2) is 8.71. The molecular formula is C19H29N3O2. The Kier molecular flexibility index (Phi) is 6.64. The number of nitrogens with one attached hydrogen (secondary N) is 1. The van der Waals surface area contributed by atoms with E-state index in [0.29, 0.717) is 19.6 Å². The lowest BCUT2D eigenvalue weighted by Crippen LogP contribution is -2.43. The summed E-state index contributed by atoms with van der Waals surface area (Å²) in [5.41, 5.74) is 2.44. The number of nitrogens with zero attached hydrogens (tertiary/aromatic N) is 2. The van der Waals surface area contributed by atoms with E-state index in [0.717, 1.165) is 25.9 Å². The van der Waals surface area contributed by atoms with Crippen LogP contribution in [0.2, 0.25) is 0 Å². The molecule has 1 heterocycles. The quantitative estimate of drug-likeness (QED) is 0.869. The minimum absolute atomic E-state index is 0.0367. The molecule has 2 rings (SSSR count). The molecule has 0 unspecified atom stereocenters. The Morgan fingerprint density at radius 2 is 2.00 bits per heavy atom. The van der Waals surface area contributed by atoms with Gasteiger partial charge in [-0.25, -0.2) is 0 Å². The summed E-state index contributed by atoms with van der Waals surface area (Å²) in [4.78, 5) is 27.7. The molecule has 0 aliphatic carbocycles. The van der Waals surface area contributed by atoms with E-state index < -0.39 is 0 Å². The first-order chi connectivity index (χ1) is 11.5. The summed E-state index contributed by atoms with van der Waals surface area (Å²) in [5.74, 6) is 0.263. The van der Waals surface area contributed by atoms with E-state index in [1.165, 1.54) is 11.3 Å². The first-order valence-corrected chi connectivity index (χ1v) is 8.86. The molecule has 132 valence electrons. The minimum atomic E-state index is 0.0367. The van der Waals surface area contributed by atoms with Gasteiger partial charge in [-0.15, -0.1) is 0 Å². The summed E-state index contributed by atoms with van der Waals surface area (Å²) in [5, 5.41) is 3.06. The molecule has 5 nitrogen and oxygen atoms in total. The Morgan fingerprint density at radius 3 is 2.58 bits per heavy atom. The average Bonchev–Trinajstić information content (AvgIpc) is 2.58. The predicted molar refractivity (Wildman–Crippen MR) is 97.1 cm³/mol. The van der Waals surface area contributed by atoms with Crippen LogP contribution in [-0.4, -0.2) is 49.4 Å². The third-order valence-corrected chi connectivity index (χ3v) is 4.74. The molecule has 5 heteroatoms. The van der Waals surface area contributed by atoms with Crippen LogP contribution in [0.15, 0.2) is 24.3 Å². The van der Waals surface area contributed by atoms with Gasteiger partial charge in [0.05, 0.1) is 0 Å². The summed E-state index contributed by atoms with van der Waals surface area (Å²) in [6.07, 6.45) is 1.53. The van der Waals surface area contributed by atoms with Crippen LogP contribution in [0.1, 0.15) is 32.3 Å². The molecule has 1 aromatic carbocycles. The number of carbonyl (C=O) groups is 2. The lowest BCUT2D eigenvalue weighted by atomic mass is 9.96. The second-order valence-electron chi connectivity index (χ2n) is 6.49. The van der Waals surface area contributed by atoms with Crippen LogP contribution < -0.4 is 10.2 Å². The van der Waals surface area contributed by atoms with Gasteiger partial charge in [-0.2, -0.15) is 0 Å². The van der Waals surface area contributed by atoms with Crippen molar-refractivity contribution in [1.29, 1.82) is 0 Å². The van der Waals surface area contributed by atoms with Crippen molar-refractivity contribution in [2.75, 3.05) is 37.6 Å². The van der Waals surface area contributed by atoms with E-state index in [1.54, 1.807) is 6.92 Å². The highest BCUT2D eigenvalue weighted by molar-refractivity contribution is 5.79. The molecule has 0 radical (unpaired) electrons. The smallest absolute Gasteiger partial charge is 0.223 e. The van der Waals surface area contributed by atoms with Crippen molar-refractivity contribution in [3.05, 3.63) is 29.8 Å². The second-order valence-corrected chi connectivity index (χ2v) is 6.49. The van der Waals surface area contributed by atoms with Gasteiger partial charge in [0.15, 0.2) is 0 Å². The molecule has 0 bridgehead atoms. The molecule has 1 fully saturated rings. The zero-order valence-corrected chi connectivity index (χ0v) is 15.0. The van der Waals surface area contributed by atoms with E-state index in [2.05, 4.69) is 48.3 Å². The number of amides is 2. The van der Waals surface area contributed by atoms with E-state index >= 15 is 0 Å². The molecule has 2 amide bonds. The summed E-state index contributed by atoms with van der Waals surface area (Å²) in [7, 11) is 0. The van der Waals surface area contributed by atoms with Crippen LogP contribution in [0.3, 0.4) is 0 Å². The normalized spacial score (nSPS) is 15.2. The Balaban J connectivity index is 1.76. The zero-order chi connectivity index (χ0) is 17.5. The van der Waals surface area contributed by atoms with Crippen molar-refractivity contribution in [3.8, 4) is 0 Å². The number of benzene rings is 1. The Labute approximate surface area is 145 Å². The monoisotopic (exact) mass is 331 g/mol. The van der Waals surface area contributed by atoms with Crippen molar-refractivity contribution in [2.24, 2.45) is 5.92 Å². The van der Waals surface area contributed by atoms with Crippen LogP contribution in [0.4, 0.5) is 5.69 Å². The number of hydrogen-bond donors (Lipinski definition) is 1. The maximum absolute atomic E-state index is 12.3. The Hall–Kier alpha value is -2.04. The third-order valence-electron chi connectivity index (χ3n) is 4.74. The molecule has 0 atom stereocenters. The molecule has 1 N–H and O–H groups in total. The molecule has 0 spiro atoms. The third kappa shape index (κ3) is 4.98. The van der Waals surface area contributed by atoms with Crippen LogP contribution in [0, 0.1) is 12.8 Å². The van der Waals surface area contributed by atoms with Crippen LogP contribution >= 0.6 is 0 Å². The largest absolute Gasteiger partial charge is 0.370 e. The van der Waals surface area contributed by atoms with Crippen LogP contribution in [-0.2, 0) is 9.59 Å². The molecule has 0 aromatic heterocycles. The number of piperidine rings is 1. The van der Waals surface area contributed by atoms with Gasteiger partial charge in [-0.05, 0) is 44.4 Å². The van der Waals surface area contributed by atoms with Gasteiger partial charge in [0, 0.05) is 51.3 Å². The molecule has 1 aromatic rings. The molecule has 0 saturated carbocycles. The summed E-state index contributed by atoms with van der Waals surface area (Å²) in [6.45, 7) is 9.55. The average molecular weight is 331 g/mol. The maximum Gasteiger partial charge on any atom is 0.223 e. The summed E-state index contributed by atoms with van der Waals surface area (Å²) >= 11 is 0.